The van der Waals surface area contributed by atoms with E-state index in [-0.39, 0.29) is 24.8 Å². The predicted octanol–water partition coefficient (Wildman–Crippen LogP) is 3.81. The molecule has 5 aliphatic rings. The van der Waals surface area contributed by atoms with E-state index in [2.05, 4.69) is 127 Å². The maximum atomic E-state index is 3.30. The molecule has 0 nitrogen and oxygen atoms in total. The van der Waals surface area contributed by atoms with Gasteiger partial charge in [-0.2, -0.15) is 53.6 Å². The van der Waals surface area contributed by atoms with Crippen LogP contribution in [-0.4, -0.2) is 3.21 Å². The summed E-state index contributed by atoms with van der Waals surface area (Å²) in [5, 5.41) is 0. The maximum absolute atomic E-state index is 3.30. The van der Waals surface area contributed by atoms with Crippen molar-refractivity contribution >= 4 is 3.21 Å². The standard InChI is InChI=1S/C15H19.C13H9.C13H10.2ClH.Zr/c1-2-4-12(3-1)15-13-6-10-5-11(8-13)9-14(15)7-10;1-3-7-12-10(5-1)9-11-6-2-4-8-13(11)12;1-3-7-12(8-4-1)11-13-9-5-2-6-10-13;;;/h1-4,10-11,13-15H,5-9H2;1-5,7-8H,9H2;1-10H;2*1H;/q2*-1;;;;+2/p-2. The molecule has 5 aromatic carbocycles. The number of halogens is 2. The number of fused-ring (bicyclic) bond motifs is 3. The molecule has 0 unspecified atom stereocenters. The van der Waals surface area contributed by atoms with Crippen LogP contribution in [0.1, 0.15) is 65.8 Å². The minimum absolute atomic E-state index is 0. The van der Waals surface area contributed by atoms with Crippen LogP contribution in [0.4, 0.5) is 0 Å². The first kappa shape index (κ1) is 32.9. The van der Waals surface area contributed by atoms with E-state index in [9.17, 15) is 0 Å². The second-order valence-corrected chi connectivity index (χ2v) is 13.9. The van der Waals surface area contributed by atoms with Gasteiger partial charge in [0.05, 0.1) is 0 Å². The molecule has 0 amide bonds. The normalized spacial score (nSPS) is 22.9. The van der Waals surface area contributed by atoms with Crippen molar-refractivity contribution in [2.24, 2.45) is 23.7 Å². The van der Waals surface area contributed by atoms with Crippen LogP contribution >= 0.6 is 0 Å². The molecule has 222 valence electrons. The molecule has 0 aromatic heterocycles. The van der Waals surface area contributed by atoms with Crippen LogP contribution in [0, 0.1) is 29.7 Å². The van der Waals surface area contributed by atoms with Crippen LogP contribution < -0.4 is 24.8 Å². The van der Waals surface area contributed by atoms with Crippen LogP contribution in [0.3, 0.4) is 0 Å². The average molecular weight is 693 g/mol. The van der Waals surface area contributed by atoms with Crippen molar-refractivity contribution in [1.29, 1.82) is 0 Å². The van der Waals surface area contributed by atoms with Crippen LogP contribution in [0.2, 0.25) is 0 Å². The molecule has 44 heavy (non-hydrogen) atoms. The Labute approximate surface area is 290 Å². The summed E-state index contributed by atoms with van der Waals surface area (Å²) in [4.78, 5) is 0. The minimum atomic E-state index is 0. The summed E-state index contributed by atoms with van der Waals surface area (Å²) in [6.45, 7) is 0. The molecule has 4 saturated carbocycles. The first-order valence-corrected chi connectivity index (χ1v) is 16.9. The van der Waals surface area contributed by atoms with Crippen molar-refractivity contribution in [3.8, 4) is 11.1 Å². The van der Waals surface area contributed by atoms with Gasteiger partial charge in [0.15, 0.2) is 0 Å². The van der Waals surface area contributed by atoms with Crippen molar-refractivity contribution in [1.82, 2.24) is 0 Å². The van der Waals surface area contributed by atoms with E-state index in [1.54, 1.807) is 37.7 Å². The van der Waals surface area contributed by atoms with Crippen LogP contribution in [0.5, 0.6) is 0 Å². The van der Waals surface area contributed by atoms with Crippen molar-refractivity contribution in [2.75, 3.05) is 0 Å². The zero-order chi connectivity index (χ0) is 28.3. The van der Waals surface area contributed by atoms with E-state index >= 15 is 0 Å². The van der Waals surface area contributed by atoms with Gasteiger partial charge in [0.25, 0.3) is 0 Å². The summed E-state index contributed by atoms with van der Waals surface area (Å²) >= 11 is 1.46. The topological polar surface area (TPSA) is 0 Å². The molecule has 10 rings (SSSR count). The first-order valence-electron chi connectivity index (χ1n) is 15.7. The Morgan fingerprint density at radius 1 is 0.636 bits per heavy atom. The Bertz CT molecular complexity index is 1510. The van der Waals surface area contributed by atoms with Gasteiger partial charge >= 0.3 is 99.2 Å². The van der Waals surface area contributed by atoms with Gasteiger partial charge in [-0.05, 0) is 62.2 Å². The van der Waals surface area contributed by atoms with Gasteiger partial charge < -0.3 is 24.8 Å². The molecule has 5 aromatic rings. The molecule has 5 aliphatic carbocycles. The van der Waals surface area contributed by atoms with Gasteiger partial charge in [-0.1, -0.05) is 41.3 Å². The molecule has 0 aliphatic heterocycles. The van der Waals surface area contributed by atoms with Crippen molar-refractivity contribution in [3.63, 3.8) is 0 Å². The van der Waals surface area contributed by atoms with E-state index in [0.717, 1.165) is 36.0 Å². The van der Waals surface area contributed by atoms with Gasteiger partial charge in [0, 0.05) is 0 Å². The summed E-state index contributed by atoms with van der Waals surface area (Å²) in [5.41, 5.74) is 9.83. The van der Waals surface area contributed by atoms with Crippen LogP contribution in [0.15, 0.2) is 127 Å². The second-order valence-electron chi connectivity index (χ2n) is 12.7. The number of rotatable bonds is 3. The largest absolute Gasteiger partial charge is 0.210 e. The molecule has 0 saturated heterocycles. The van der Waals surface area contributed by atoms with E-state index in [1.807, 2.05) is 6.07 Å². The van der Waals surface area contributed by atoms with Crippen LogP contribution in [-0.2, 0) is 30.7 Å². The molecule has 0 radical (unpaired) electrons. The van der Waals surface area contributed by atoms with Crippen molar-refractivity contribution < 1.29 is 49.0 Å². The first-order chi connectivity index (χ1) is 20.7. The Balaban J connectivity index is 0.000000128. The Morgan fingerprint density at radius 3 is 1.80 bits per heavy atom. The number of hydrogen-bond acceptors (Lipinski definition) is 0. The second kappa shape index (κ2) is 15.2. The van der Waals surface area contributed by atoms with E-state index < -0.39 is 0 Å². The summed E-state index contributed by atoms with van der Waals surface area (Å²) in [6, 6.07) is 48.4. The summed E-state index contributed by atoms with van der Waals surface area (Å²) in [7, 11) is 0. The third kappa shape index (κ3) is 7.17. The smallest absolute Gasteiger partial charge is 0.0253 e. The van der Waals surface area contributed by atoms with E-state index in [0.29, 0.717) is 0 Å². The van der Waals surface area contributed by atoms with E-state index in [1.165, 1.54) is 60.8 Å². The summed E-state index contributed by atoms with van der Waals surface area (Å²) in [5.74, 6) is 5.25. The number of hydrogen-bond donors (Lipinski definition) is 0. The van der Waals surface area contributed by atoms with E-state index in [4.69, 9.17) is 0 Å². The molecule has 0 heterocycles. The van der Waals surface area contributed by atoms with Gasteiger partial charge in [-0.3, -0.25) is 0 Å². The fourth-order valence-corrected chi connectivity index (χ4v) is 9.27. The zero-order valence-corrected chi connectivity index (χ0v) is 29.0. The third-order valence-electron chi connectivity index (χ3n) is 10.0. The molecule has 3 heteroatoms. The van der Waals surface area contributed by atoms with Crippen LogP contribution in [0.25, 0.3) is 11.1 Å². The molecule has 0 atom stereocenters. The van der Waals surface area contributed by atoms with Crippen molar-refractivity contribution in [3.05, 3.63) is 161 Å². The minimum Gasteiger partial charge on any atom is -0.210 e. The number of benzene rings is 4. The Kier molecular flexibility index (Phi) is 11.4. The fourth-order valence-electron chi connectivity index (χ4n) is 8.45. The SMILES string of the molecule is [Cl-].[Cl-].[Zr+2]=[C](c1ccccc1)c1ccccc1.[c-]1cccc2c1Cc1ccccc1-2.c1cc(C2C3CC4CC(C3)CC2C4)c[cH-]1. The van der Waals surface area contributed by atoms with Gasteiger partial charge in [0.2, 0.25) is 0 Å². The Hall–Kier alpha value is -2.44. The molecular weight excluding hydrogens is 655 g/mol. The molecule has 4 bridgehead atoms. The van der Waals surface area contributed by atoms with Gasteiger partial charge in [-0.15, -0.1) is 5.56 Å². The van der Waals surface area contributed by atoms with Gasteiger partial charge in [-0.25, -0.2) is 6.07 Å². The molecular formula is C41H38Cl2Zr-2. The Morgan fingerprint density at radius 2 is 1.20 bits per heavy atom. The quantitative estimate of drug-likeness (QED) is 0.248. The fraction of sp³-hybridized carbons (Fsp3) is 0.268. The molecule has 0 N–H and O–H groups in total. The summed E-state index contributed by atoms with van der Waals surface area (Å²) in [6.07, 6.45) is 8.80. The monoisotopic (exact) mass is 690 g/mol. The zero-order valence-electron chi connectivity index (χ0n) is 25.0. The van der Waals surface area contributed by atoms with Gasteiger partial charge in [0.1, 0.15) is 0 Å². The maximum Gasteiger partial charge on any atom is -0.0253 e. The third-order valence-corrected chi connectivity index (χ3v) is 11.5. The predicted molar refractivity (Wildman–Crippen MR) is 171 cm³/mol. The van der Waals surface area contributed by atoms with Crippen molar-refractivity contribution in [2.45, 2.75) is 44.4 Å². The molecule has 0 spiro atoms. The summed E-state index contributed by atoms with van der Waals surface area (Å²) < 4.78 is 1.42. The molecule has 4 fully saturated rings. The average Bonchev–Trinajstić information content (AvgIpc) is 3.70.